The lowest BCUT2D eigenvalue weighted by molar-refractivity contribution is -0.274. The summed E-state index contributed by atoms with van der Waals surface area (Å²) in [7, 11) is 0. The van der Waals surface area contributed by atoms with E-state index in [9.17, 15) is 22.8 Å². The molecule has 0 saturated carbocycles. The number of nitrogens with one attached hydrogen (secondary N) is 1. The first-order chi connectivity index (χ1) is 10.8. The molecule has 1 saturated heterocycles. The maximum atomic E-state index is 12.3. The van der Waals surface area contributed by atoms with Gasteiger partial charge in [0.1, 0.15) is 5.75 Å². The Morgan fingerprint density at radius 1 is 1.35 bits per heavy atom. The Morgan fingerprint density at radius 2 is 2.04 bits per heavy atom. The molecular formula is C15H17F3N2O3. The zero-order valence-corrected chi connectivity index (χ0v) is 12.5. The number of carbonyl (C=O) groups excluding carboxylic acids is 2. The van der Waals surface area contributed by atoms with Crippen LogP contribution < -0.4 is 10.1 Å². The van der Waals surface area contributed by atoms with Gasteiger partial charge in [-0.3, -0.25) is 9.59 Å². The first kappa shape index (κ1) is 17.1. The number of alkyl halides is 3. The smallest absolute Gasteiger partial charge is 0.405 e. The van der Waals surface area contributed by atoms with E-state index in [0.717, 1.165) is 18.9 Å². The highest BCUT2D eigenvalue weighted by Gasteiger charge is 2.33. The van der Waals surface area contributed by atoms with Crippen LogP contribution in [0.15, 0.2) is 24.3 Å². The molecule has 1 aromatic carbocycles. The number of amides is 2. The molecule has 1 atom stereocenters. The van der Waals surface area contributed by atoms with Crippen LogP contribution >= 0.6 is 0 Å². The standard InChI is InChI=1S/C15H17F3N2O3/c1-10-5-4-8-20(10)13(21)9-19-14(22)11-6-2-3-7-12(11)23-15(16,17)18/h2-3,6-7,10H,4-5,8-9H2,1H3,(H,19,22). The van der Waals surface area contributed by atoms with E-state index in [2.05, 4.69) is 10.1 Å². The molecule has 126 valence electrons. The van der Waals surface area contributed by atoms with Crippen molar-refractivity contribution in [2.45, 2.75) is 32.2 Å². The van der Waals surface area contributed by atoms with Crippen molar-refractivity contribution in [1.29, 1.82) is 0 Å². The van der Waals surface area contributed by atoms with E-state index < -0.39 is 18.0 Å². The largest absolute Gasteiger partial charge is 0.573 e. The first-order valence-corrected chi connectivity index (χ1v) is 7.20. The Balaban J connectivity index is 1.99. The Bertz CT molecular complexity index is 590. The molecule has 1 fully saturated rings. The fraction of sp³-hybridized carbons (Fsp3) is 0.467. The van der Waals surface area contributed by atoms with Crippen LogP contribution in [-0.2, 0) is 4.79 Å². The Hall–Kier alpha value is -2.25. The number of para-hydroxylation sites is 1. The van der Waals surface area contributed by atoms with Gasteiger partial charge in [0.05, 0.1) is 12.1 Å². The van der Waals surface area contributed by atoms with Gasteiger partial charge in [0.25, 0.3) is 5.91 Å². The fourth-order valence-corrected chi connectivity index (χ4v) is 2.52. The number of rotatable bonds is 4. The van der Waals surface area contributed by atoms with Crippen LogP contribution in [0.25, 0.3) is 0 Å². The molecule has 23 heavy (non-hydrogen) atoms. The zero-order chi connectivity index (χ0) is 17.0. The molecule has 0 bridgehead atoms. The second-order valence-corrected chi connectivity index (χ2v) is 5.31. The number of ether oxygens (including phenoxy) is 1. The molecule has 1 N–H and O–H groups in total. The van der Waals surface area contributed by atoms with E-state index in [1.165, 1.54) is 18.2 Å². The summed E-state index contributed by atoms with van der Waals surface area (Å²) in [5.74, 6) is -1.64. The first-order valence-electron chi connectivity index (χ1n) is 7.20. The Labute approximate surface area is 131 Å². The number of carbonyl (C=O) groups is 2. The number of halogens is 3. The van der Waals surface area contributed by atoms with Crippen molar-refractivity contribution in [3.8, 4) is 5.75 Å². The average Bonchev–Trinajstić information content (AvgIpc) is 2.89. The quantitative estimate of drug-likeness (QED) is 0.922. The van der Waals surface area contributed by atoms with Gasteiger partial charge >= 0.3 is 6.36 Å². The number of hydrogen-bond donors (Lipinski definition) is 1. The van der Waals surface area contributed by atoms with E-state index in [1.54, 1.807) is 4.90 Å². The lowest BCUT2D eigenvalue weighted by Crippen LogP contribution is -2.41. The third kappa shape index (κ3) is 4.61. The minimum Gasteiger partial charge on any atom is -0.405 e. The summed E-state index contributed by atoms with van der Waals surface area (Å²) in [6.07, 6.45) is -3.08. The van der Waals surface area contributed by atoms with Crippen LogP contribution in [0.1, 0.15) is 30.1 Å². The molecule has 1 unspecified atom stereocenters. The van der Waals surface area contributed by atoms with Gasteiger partial charge in [-0.25, -0.2) is 0 Å². The molecule has 2 amide bonds. The summed E-state index contributed by atoms with van der Waals surface area (Å²) in [6, 6.07) is 5.11. The molecule has 1 heterocycles. The average molecular weight is 330 g/mol. The van der Waals surface area contributed by atoms with E-state index in [1.807, 2.05) is 6.92 Å². The van der Waals surface area contributed by atoms with Crippen molar-refractivity contribution in [3.63, 3.8) is 0 Å². The van der Waals surface area contributed by atoms with Gasteiger partial charge in [-0.1, -0.05) is 12.1 Å². The van der Waals surface area contributed by atoms with Crippen molar-refractivity contribution in [3.05, 3.63) is 29.8 Å². The van der Waals surface area contributed by atoms with Gasteiger partial charge in [-0.2, -0.15) is 0 Å². The maximum Gasteiger partial charge on any atom is 0.573 e. The van der Waals surface area contributed by atoms with Crippen LogP contribution in [0, 0.1) is 0 Å². The summed E-state index contributed by atoms with van der Waals surface area (Å²) in [5.41, 5.74) is -0.271. The molecule has 0 aromatic heterocycles. The molecular weight excluding hydrogens is 313 g/mol. The predicted molar refractivity (Wildman–Crippen MR) is 75.9 cm³/mol. The lowest BCUT2D eigenvalue weighted by atomic mass is 10.2. The summed E-state index contributed by atoms with van der Waals surface area (Å²) in [5, 5.41) is 2.34. The summed E-state index contributed by atoms with van der Waals surface area (Å²) >= 11 is 0. The van der Waals surface area contributed by atoms with Crippen LogP contribution in [0.5, 0.6) is 5.75 Å². The van der Waals surface area contributed by atoms with Gasteiger partial charge < -0.3 is 15.0 Å². The van der Waals surface area contributed by atoms with Crippen molar-refractivity contribution < 1.29 is 27.5 Å². The minimum absolute atomic E-state index is 0.111. The van der Waals surface area contributed by atoms with Crippen molar-refractivity contribution >= 4 is 11.8 Å². The van der Waals surface area contributed by atoms with E-state index in [0.29, 0.717) is 6.54 Å². The minimum atomic E-state index is -4.89. The van der Waals surface area contributed by atoms with Crippen molar-refractivity contribution in [2.75, 3.05) is 13.1 Å². The molecule has 1 aliphatic rings. The predicted octanol–water partition coefficient (Wildman–Crippen LogP) is 2.33. The SMILES string of the molecule is CC1CCCN1C(=O)CNC(=O)c1ccccc1OC(F)(F)F. The molecule has 0 radical (unpaired) electrons. The molecule has 2 rings (SSSR count). The summed E-state index contributed by atoms with van der Waals surface area (Å²) in [6.45, 7) is 2.28. The lowest BCUT2D eigenvalue weighted by Gasteiger charge is -2.21. The third-order valence-corrected chi connectivity index (χ3v) is 3.63. The Morgan fingerprint density at radius 3 is 2.65 bits per heavy atom. The van der Waals surface area contributed by atoms with Crippen LogP contribution in [0.4, 0.5) is 13.2 Å². The van der Waals surface area contributed by atoms with E-state index in [4.69, 9.17) is 0 Å². The van der Waals surface area contributed by atoms with Gasteiger partial charge in [0.15, 0.2) is 0 Å². The summed E-state index contributed by atoms with van der Waals surface area (Å²) in [4.78, 5) is 25.7. The topological polar surface area (TPSA) is 58.6 Å². The highest BCUT2D eigenvalue weighted by atomic mass is 19.4. The van der Waals surface area contributed by atoms with Crippen LogP contribution in [0.2, 0.25) is 0 Å². The van der Waals surface area contributed by atoms with Crippen molar-refractivity contribution in [2.24, 2.45) is 0 Å². The number of nitrogens with zero attached hydrogens (tertiary/aromatic N) is 1. The molecule has 0 spiro atoms. The third-order valence-electron chi connectivity index (χ3n) is 3.63. The molecule has 0 aliphatic carbocycles. The second kappa shape index (κ2) is 6.89. The normalized spacial score (nSPS) is 17.9. The highest BCUT2D eigenvalue weighted by molar-refractivity contribution is 5.98. The fourth-order valence-electron chi connectivity index (χ4n) is 2.52. The molecule has 5 nitrogen and oxygen atoms in total. The van der Waals surface area contributed by atoms with Crippen molar-refractivity contribution in [1.82, 2.24) is 10.2 Å². The monoisotopic (exact) mass is 330 g/mol. The molecule has 1 aliphatic heterocycles. The molecule has 1 aromatic rings. The van der Waals surface area contributed by atoms with Gasteiger partial charge in [0.2, 0.25) is 5.91 Å². The number of benzene rings is 1. The second-order valence-electron chi connectivity index (χ2n) is 5.31. The maximum absolute atomic E-state index is 12.3. The van der Waals surface area contributed by atoms with E-state index in [-0.39, 0.29) is 24.1 Å². The van der Waals surface area contributed by atoms with E-state index >= 15 is 0 Å². The van der Waals surface area contributed by atoms with Gasteiger partial charge in [0, 0.05) is 12.6 Å². The molecule has 8 heteroatoms. The van der Waals surface area contributed by atoms with Gasteiger partial charge in [-0.05, 0) is 31.9 Å². The van der Waals surface area contributed by atoms with Crippen LogP contribution in [-0.4, -0.2) is 42.2 Å². The van der Waals surface area contributed by atoms with Crippen LogP contribution in [0.3, 0.4) is 0 Å². The Kier molecular flexibility index (Phi) is 5.12. The summed E-state index contributed by atoms with van der Waals surface area (Å²) < 4.78 is 40.8. The van der Waals surface area contributed by atoms with Gasteiger partial charge in [-0.15, -0.1) is 13.2 Å². The number of likely N-dealkylation sites (tertiary alicyclic amines) is 1. The highest BCUT2D eigenvalue weighted by Crippen LogP contribution is 2.26. The number of hydrogen-bond acceptors (Lipinski definition) is 3. The zero-order valence-electron chi connectivity index (χ0n) is 12.5.